The van der Waals surface area contributed by atoms with E-state index in [2.05, 4.69) is 4.84 Å². The Bertz CT molecular complexity index is 1130. The largest absolute Gasteiger partial charge is 0.493 e. The van der Waals surface area contributed by atoms with Gasteiger partial charge in [-0.05, 0) is 48.7 Å². The second kappa shape index (κ2) is 8.26. The minimum Gasteiger partial charge on any atom is -0.493 e. The van der Waals surface area contributed by atoms with Crippen molar-refractivity contribution in [2.24, 2.45) is 11.3 Å². The van der Waals surface area contributed by atoms with Crippen molar-refractivity contribution in [3.05, 3.63) is 64.0 Å². The molecule has 0 atom stereocenters. The number of ether oxygens (including phenoxy) is 1. The first kappa shape index (κ1) is 21.2. The lowest BCUT2D eigenvalue weighted by molar-refractivity contribution is -0.760. The normalized spacial score (nSPS) is 14.6. The Hall–Kier alpha value is -3.00. The van der Waals surface area contributed by atoms with Gasteiger partial charge in [0, 0.05) is 31.9 Å². The van der Waals surface area contributed by atoms with Crippen LogP contribution >= 0.6 is 11.3 Å². The molecule has 1 aromatic heterocycles. The van der Waals surface area contributed by atoms with Crippen molar-refractivity contribution in [2.45, 2.75) is 26.7 Å². The zero-order valence-corrected chi connectivity index (χ0v) is 18.0. The SMILES string of the molecule is CC(C)C(=O)c1c(-c2ccc(F)cc2)sc2cc(OCC3(CO[N+](=O)[O-])CC3)ccc12. The summed E-state index contributed by atoms with van der Waals surface area (Å²) in [5.74, 6) is 0.167. The third-order valence-corrected chi connectivity index (χ3v) is 6.72. The minimum absolute atomic E-state index is 0.0308. The standard InChI is InChI=1S/C23H22FNO5S/c1-14(2)21(26)20-18-8-7-17(29-12-23(9-10-23)13-30-25(27)28)11-19(18)31-22(20)15-3-5-16(24)6-4-15/h3-8,11,14H,9-10,12-13H2,1-2H3. The number of halogens is 1. The van der Waals surface area contributed by atoms with Crippen LogP contribution in [0.15, 0.2) is 42.5 Å². The molecule has 162 valence electrons. The summed E-state index contributed by atoms with van der Waals surface area (Å²) in [4.78, 5) is 28.8. The first-order valence-electron chi connectivity index (χ1n) is 10.0. The molecule has 8 heteroatoms. The fraction of sp³-hybridized carbons (Fsp3) is 0.348. The number of nitrogens with zero attached hydrogens (tertiary/aromatic N) is 1. The maximum Gasteiger partial charge on any atom is 0.294 e. The molecule has 0 unspecified atom stereocenters. The fourth-order valence-corrected chi connectivity index (χ4v) is 4.68. The second-order valence-electron chi connectivity index (χ2n) is 8.28. The maximum absolute atomic E-state index is 13.4. The predicted molar refractivity (Wildman–Crippen MR) is 116 cm³/mol. The van der Waals surface area contributed by atoms with Gasteiger partial charge in [-0.25, -0.2) is 4.39 Å². The quantitative estimate of drug-likeness (QED) is 0.233. The van der Waals surface area contributed by atoms with E-state index in [0.29, 0.717) is 17.9 Å². The molecule has 1 saturated carbocycles. The maximum atomic E-state index is 13.4. The molecule has 4 rings (SSSR count). The third kappa shape index (κ3) is 4.54. The number of thiophene rings is 1. The first-order valence-corrected chi connectivity index (χ1v) is 10.9. The lowest BCUT2D eigenvalue weighted by Crippen LogP contribution is -2.21. The highest BCUT2D eigenvalue weighted by Crippen LogP contribution is 2.47. The number of carbonyl (C=O) groups is 1. The summed E-state index contributed by atoms with van der Waals surface area (Å²) >= 11 is 1.47. The summed E-state index contributed by atoms with van der Waals surface area (Å²) in [6.45, 7) is 4.09. The summed E-state index contributed by atoms with van der Waals surface area (Å²) in [5.41, 5.74) is 1.13. The number of rotatable bonds is 9. The molecule has 0 bridgehead atoms. The van der Waals surface area contributed by atoms with Crippen LogP contribution in [-0.2, 0) is 4.84 Å². The van der Waals surface area contributed by atoms with Crippen LogP contribution in [0.4, 0.5) is 4.39 Å². The minimum atomic E-state index is -0.776. The van der Waals surface area contributed by atoms with E-state index in [1.54, 1.807) is 12.1 Å². The molecule has 1 heterocycles. The molecule has 0 spiro atoms. The number of benzene rings is 2. The number of fused-ring (bicyclic) bond motifs is 1. The molecular weight excluding hydrogens is 421 g/mol. The van der Waals surface area contributed by atoms with E-state index in [-0.39, 0.29) is 29.5 Å². The molecule has 2 aromatic carbocycles. The van der Waals surface area contributed by atoms with E-state index in [9.17, 15) is 19.3 Å². The lowest BCUT2D eigenvalue weighted by Gasteiger charge is -2.15. The first-order chi connectivity index (χ1) is 14.8. The monoisotopic (exact) mass is 443 g/mol. The number of hydrogen-bond acceptors (Lipinski definition) is 6. The van der Waals surface area contributed by atoms with Gasteiger partial charge in [0.15, 0.2) is 5.78 Å². The van der Waals surface area contributed by atoms with Gasteiger partial charge in [-0.1, -0.05) is 26.0 Å². The Balaban J connectivity index is 1.64. The molecule has 6 nitrogen and oxygen atoms in total. The van der Waals surface area contributed by atoms with Gasteiger partial charge < -0.3 is 9.57 Å². The highest BCUT2D eigenvalue weighted by molar-refractivity contribution is 7.22. The molecule has 0 N–H and O–H groups in total. The van der Waals surface area contributed by atoms with Crippen LogP contribution in [0.25, 0.3) is 20.5 Å². The van der Waals surface area contributed by atoms with Crippen LogP contribution in [0.2, 0.25) is 0 Å². The average molecular weight is 443 g/mol. The van der Waals surface area contributed by atoms with E-state index >= 15 is 0 Å². The molecule has 1 aliphatic rings. The summed E-state index contributed by atoms with van der Waals surface area (Å²) in [6.07, 6.45) is 1.65. The Kier molecular flexibility index (Phi) is 5.66. The van der Waals surface area contributed by atoms with Gasteiger partial charge in [0.2, 0.25) is 0 Å². The average Bonchev–Trinajstić information content (AvgIpc) is 3.42. The molecule has 0 aliphatic heterocycles. The highest BCUT2D eigenvalue weighted by atomic mass is 32.1. The van der Waals surface area contributed by atoms with Crippen LogP contribution < -0.4 is 4.74 Å². The third-order valence-electron chi connectivity index (χ3n) is 5.52. The molecular formula is C23H22FNO5S. The van der Waals surface area contributed by atoms with Gasteiger partial charge in [0.05, 0.1) is 6.61 Å². The van der Waals surface area contributed by atoms with Gasteiger partial charge in [-0.3, -0.25) is 4.79 Å². The molecule has 31 heavy (non-hydrogen) atoms. The zero-order chi connectivity index (χ0) is 22.2. The highest BCUT2D eigenvalue weighted by Gasteiger charge is 2.44. The lowest BCUT2D eigenvalue weighted by atomic mass is 9.96. The van der Waals surface area contributed by atoms with Crippen LogP contribution in [0.1, 0.15) is 37.0 Å². The van der Waals surface area contributed by atoms with Crippen molar-refractivity contribution in [1.29, 1.82) is 0 Å². The van der Waals surface area contributed by atoms with E-state index in [0.717, 1.165) is 33.4 Å². The summed E-state index contributed by atoms with van der Waals surface area (Å²) in [5, 5.41) is 10.5. The zero-order valence-electron chi connectivity index (χ0n) is 17.2. The van der Waals surface area contributed by atoms with E-state index in [1.807, 2.05) is 32.0 Å². The molecule has 1 aliphatic carbocycles. The van der Waals surface area contributed by atoms with Gasteiger partial charge in [0.25, 0.3) is 5.09 Å². The molecule has 1 fully saturated rings. The van der Waals surface area contributed by atoms with Gasteiger partial charge in [-0.15, -0.1) is 21.5 Å². The summed E-state index contributed by atoms with van der Waals surface area (Å²) in [6, 6.07) is 11.7. The van der Waals surface area contributed by atoms with Crippen molar-refractivity contribution in [1.82, 2.24) is 0 Å². The Morgan fingerprint density at radius 2 is 1.90 bits per heavy atom. The molecule has 3 aromatic rings. The number of ketones is 1. The van der Waals surface area contributed by atoms with E-state index < -0.39 is 5.09 Å². The van der Waals surface area contributed by atoms with Gasteiger partial charge >= 0.3 is 0 Å². The van der Waals surface area contributed by atoms with Crippen molar-refractivity contribution >= 4 is 27.2 Å². The fourth-order valence-electron chi connectivity index (χ4n) is 3.44. The Labute approximate surface area is 182 Å². The van der Waals surface area contributed by atoms with Crippen LogP contribution in [0.5, 0.6) is 5.75 Å². The van der Waals surface area contributed by atoms with E-state index in [1.165, 1.54) is 23.5 Å². The smallest absolute Gasteiger partial charge is 0.294 e. The number of Topliss-reactive ketones (excluding diaryl/α,β-unsaturated/α-hetero) is 1. The topological polar surface area (TPSA) is 78.7 Å². The molecule has 0 saturated heterocycles. The number of hydrogen-bond donors (Lipinski definition) is 0. The van der Waals surface area contributed by atoms with Gasteiger partial charge in [0.1, 0.15) is 18.2 Å². The van der Waals surface area contributed by atoms with Crippen molar-refractivity contribution < 1.29 is 23.8 Å². The second-order valence-corrected chi connectivity index (χ2v) is 9.33. The predicted octanol–water partition coefficient (Wildman–Crippen LogP) is 5.91. The Morgan fingerprint density at radius 3 is 2.52 bits per heavy atom. The van der Waals surface area contributed by atoms with Gasteiger partial charge in [-0.2, -0.15) is 0 Å². The van der Waals surface area contributed by atoms with Crippen molar-refractivity contribution in [2.75, 3.05) is 13.2 Å². The Morgan fingerprint density at radius 1 is 1.19 bits per heavy atom. The van der Waals surface area contributed by atoms with Crippen LogP contribution in [-0.4, -0.2) is 24.1 Å². The van der Waals surface area contributed by atoms with Crippen LogP contribution in [0.3, 0.4) is 0 Å². The van der Waals surface area contributed by atoms with Crippen molar-refractivity contribution in [3.63, 3.8) is 0 Å². The van der Waals surface area contributed by atoms with E-state index in [4.69, 9.17) is 4.74 Å². The summed E-state index contributed by atoms with van der Waals surface area (Å²) < 4.78 is 20.2. The molecule has 0 amide bonds. The summed E-state index contributed by atoms with van der Waals surface area (Å²) in [7, 11) is 0. The van der Waals surface area contributed by atoms with Crippen molar-refractivity contribution in [3.8, 4) is 16.2 Å². The molecule has 0 radical (unpaired) electrons. The van der Waals surface area contributed by atoms with Crippen LogP contribution in [0, 0.1) is 27.3 Å². The number of carbonyl (C=O) groups excluding carboxylic acids is 1.